The average molecular weight is 242 g/mol. The molecule has 4 heteroatoms. The minimum absolute atomic E-state index is 0.0111. The molecule has 0 fully saturated rings. The van der Waals surface area contributed by atoms with Crippen LogP contribution in [0.5, 0.6) is 5.75 Å². The Kier molecular flexibility index (Phi) is 5.12. The second kappa shape index (κ2) is 6.38. The number of alkyl halides is 1. The van der Waals surface area contributed by atoms with Gasteiger partial charge in [0.1, 0.15) is 11.6 Å². The number of carbonyl (C=O) groups is 1. The van der Waals surface area contributed by atoms with Gasteiger partial charge in [0.2, 0.25) is 5.91 Å². The highest BCUT2D eigenvalue weighted by Gasteiger charge is 2.01. The van der Waals surface area contributed by atoms with Gasteiger partial charge in [0.15, 0.2) is 0 Å². The van der Waals surface area contributed by atoms with Crippen LogP contribution in [0.25, 0.3) is 0 Å². The molecule has 1 rings (SSSR count). The van der Waals surface area contributed by atoms with Gasteiger partial charge >= 0.3 is 0 Å². The van der Waals surface area contributed by atoms with Crippen molar-refractivity contribution in [2.45, 2.75) is 13.3 Å². The molecule has 16 heavy (non-hydrogen) atoms. The lowest BCUT2D eigenvalue weighted by molar-refractivity contribution is -0.118. The summed E-state index contributed by atoms with van der Waals surface area (Å²) in [7, 11) is 1.65. The van der Waals surface area contributed by atoms with Crippen LogP contribution in [-0.2, 0) is 11.2 Å². The first-order valence-corrected chi connectivity index (χ1v) is 5.66. The normalized spacial score (nSPS) is 9.94. The van der Waals surface area contributed by atoms with Gasteiger partial charge in [0.25, 0.3) is 0 Å². The standard InChI is InChI=1S/C12H16ClNO2/c1-9-5-10(7-11(6-9)16-2)3-4-14-12(15)8-13/h5-7H,3-4,8H2,1-2H3,(H,14,15). The Labute approximate surface area is 101 Å². The van der Waals surface area contributed by atoms with E-state index in [0.717, 1.165) is 23.3 Å². The van der Waals surface area contributed by atoms with Crippen molar-refractivity contribution in [2.24, 2.45) is 0 Å². The number of halogens is 1. The quantitative estimate of drug-likeness (QED) is 0.800. The van der Waals surface area contributed by atoms with Crippen molar-refractivity contribution in [3.63, 3.8) is 0 Å². The number of rotatable bonds is 5. The first kappa shape index (κ1) is 12.8. The summed E-state index contributed by atoms with van der Waals surface area (Å²) in [5, 5.41) is 2.73. The maximum absolute atomic E-state index is 10.9. The molecular formula is C12H16ClNO2. The predicted octanol–water partition coefficient (Wildman–Crippen LogP) is 1.90. The fourth-order valence-electron chi connectivity index (χ4n) is 1.48. The van der Waals surface area contributed by atoms with Crippen molar-refractivity contribution in [3.8, 4) is 5.75 Å². The second-order valence-corrected chi connectivity index (χ2v) is 3.86. The molecule has 1 amide bonds. The fourth-order valence-corrected chi connectivity index (χ4v) is 1.57. The first-order valence-electron chi connectivity index (χ1n) is 5.13. The van der Waals surface area contributed by atoms with Crippen molar-refractivity contribution in [1.82, 2.24) is 5.32 Å². The third kappa shape index (κ3) is 4.11. The van der Waals surface area contributed by atoms with Gasteiger partial charge in [-0.25, -0.2) is 0 Å². The summed E-state index contributed by atoms with van der Waals surface area (Å²) < 4.78 is 5.18. The Morgan fingerprint density at radius 1 is 1.44 bits per heavy atom. The first-order chi connectivity index (χ1) is 7.65. The van der Waals surface area contributed by atoms with Crippen molar-refractivity contribution >= 4 is 17.5 Å². The number of aryl methyl sites for hydroxylation is 1. The molecule has 0 atom stereocenters. The van der Waals surface area contributed by atoms with Crippen LogP contribution in [0.2, 0.25) is 0 Å². The van der Waals surface area contributed by atoms with Crippen LogP contribution >= 0.6 is 11.6 Å². The molecule has 0 aliphatic rings. The van der Waals surface area contributed by atoms with E-state index < -0.39 is 0 Å². The molecule has 0 aliphatic heterocycles. The molecule has 0 aromatic heterocycles. The summed E-state index contributed by atoms with van der Waals surface area (Å²) in [4.78, 5) is 10.9. The third-order valence-corrected chi connectivity index (χ3v) is 2.45. The smallest absolute Gasteiger partial charge is 0.234 e. The van der Waals surface area contributed by atoms with Gasteiger partial charge in [-0.05, 0) is 36.6 Å². The van der Waals surface area contributed by atoms with E-state index in [1.807, 2.05) is 19.1 Å². The van der Waals surface area contributed by atoms with E-state index >= 15 is 0 Å². The van der Waals surface area contributed by atoms with Gasteiger partial charge in [0, 0.05) is 6.54 Å². The van der Waals surface area contributed by atoms with E-state index in [2.05, 4.69) is 11.4 Å². The van der Waals surface area contributed by atoms with Crippen molar-refractivity contribution in [1.29, 1.82) is 0 Å². The van der Waals surface area contributed by atoms with Crippen LogP contribution in [0, 0.1) is 6.92 Å². The van der Waals surface area contributed by atoms with Gasteiger partial charge in [0.05, 0.1) is 7.11 Å². The Hall–Kier alpha value is -1.22. The zero-order valence-electron chi connectivity index (χ0n) is 9.55. The number of hydrogen-bond acceptors (Lipinski definition) is 2. The summed E-state index contributed by atoms with van der Waals surface area (Å²) in [6.45, 7) is 2.61. The number of methoxy groups -OCH3 is 1. The highest BCUT2D eigenvalue weighted by molar-refractivity contribution is 6.27. The van der Waals surface area contributed by atoms with Crippen LogP contribution in [0.1, 0.15) is 11.1 Å². The molecule has 0 bridgehead atoms. The molecule has 1 aromatic carbocycles. The zero-order valence-corrected chi connectivity index (χ0v) is 10.3. The number of nitrogens with one attached hydrogen (secondary N) is 1. The van der Waals surface area contributed by atoms with Gasteiger partial charge in [-0.2, -0.15) is 0 Å². The lowest BCUT2D eigenvalue weighted by atomic mass is 10.1. The zero-order chi connectivity index (χ0) is 12.0. The van der Waals surface area contributed by atoms with E-state index in [1.54, 1.807) is 7.11 Å². The van der Waals surface area contributed by atoms with Gasteiger partial charge in [-0.3, -0.25) is 4.79 Å². The van der Waals surface area contributed by atoms with Crippen molar-refractivity contribution in [3.05, 3.63) is 29.3 Å². The molecule has 0 aliphatic carbocycles. The molecule has 0 heterocycles. The summed E-state index contributed by atoms with van der Waals surface area (Å²) in [6, 6.07) is 6.02. The Morgan fingerprint density at radius 2 is 2.19 bits per heavy atom. The van der Waals surface area contributed by atoms with Crippen LogP contribution < -0.4 is 10.1 Å². The van der Waals surface area contributed by atoms with E-state index in [4.69, 9.17) is 16.3 Å². The topological polar surface area (TPSA) is 38.3 Å². The average Bonchev–Trinajstić information content (AvgIpc) is 2.28. The van der Waals surface area contributed by atoms with Crippen LogP contribution in [-0.4, -0.2) is 25.4 Å². The molecule has 0 spiro atoms. The van der Waals surface area contributed by atoms with Crippen LogP contribution in [0.3, 0.4) is 0 Å². The van der Waals surface area contributed by atoms with E-state index in [9.17, 15) is 4.79 Å². The number of hydrogen-bond donors (Lipinski definition) is 1. The maximum Gasteiger partial charge on any atom is 0.234 e. The molecule has 3 nitrogen and oxygen atoms in total. The summed E-state index contributed by atoms with van der Waals surface area (Å²) in [5.41, 5.74) is 2.30. The third-order valence-electron chi connectivity index (χ3n) is 2.20. The number of benzene rings is 1. The van der Waals surface area contributed by atoms with E-state index in [-0.39, 0.29) is 11.8 Å². The van der Waals surface area contributed by atoms with E-state index in [1.165, 1.54) is 0 Å². The Balaban J connectivity index is 2.53. The number of amides is 1. The summed E-state index contributed by atoms with van der Waals surface area (Å²) in [6.07, 6.45) is 0.778. The summed E-state index contributed by atoms with van der Waals surface area (Å²) >= 11 is 5.37. The molecule has 88 valence electrons. The van der Waals surface area contributed by atoms with Crippen molar-refractivity contribution in [2.75, 3.05) is 19.5 Å². The fraction of sp³-hybridized carbons (Fsp3) is 0.417. The molecule has 1 aromatic rings. The highest BCUT2D eigenvalue weighted by Crippen LogP contribution is 2.16. The Bertz CT molecular complexity index is 366. The molecule has 0 saturated carbocycles. The monoisotopic (exact) mass is 241 g/mol. The SMILES string of the molecule is COc1cc(C)cc(CCNC(=O)CCl)c1. The molecule has 1 N–H and O–H groups in total. The minimum atomic E-state index is -0.138. The highest BCUT2D eigenvalue weighted by atomic mass is 35.5. The lowest BCUT2D eigenvalue weighted by Crippen LogP contribution is -2.26. The van der Waals surface area contributed by atoms with E-state index in [0.29, 0.717) is 6.54 Å². The van der Waals surface area contributed by atoms with Gasteiger partial charge in [-0.15, -0.1) is 11.6 Å². The molecule has 0 radical (unpaired) electrons. The number of ether oxygens (including phenoxy) is 1. The second-order valence-electron chi connectivity index (χ2n) is 3.59. The van der Waals surface area contributed by atoms with Gasteiger partial charge < -0.3 is 10.1 Å². The van der Waals surface area contributed by atoms with Crippen LogP contribution in [0.15, 0.2) is 18.2 Å². The maximum atomic E-state index is 10.9. The lowest BCUT2D eigenvalue weighted by Gasteiger charge is -2.07. The number of carbonyl (C=O) groups excluding carboxylic acids is 1. The minimum Gasteiger partial charge on any atom is -0.497 e. The van der Waals surface area contributed by atoms with Crippen molar-refractivity contribution < 1.29 is 9.53 Å². The van der Waals surface area contributed by atoms with Crippen LogP contribution in [0.4, 0.5) is 0 Å². The molecule has 0 saturated heterocycles. The molecule has 0 unspecified atom stereocenters. The Morgan fingerprint density at radius 3 is 2.81 bits per heavy atom. The van der Waals surface area contributed by atoms with Gasteiger partial charge in [-0.1, -0.05) is 6.07 Å². The summed E-state index contributed by atoms with van der Waals surface area (Å²) in [5.74, 6) is 0.719. The largest absolute Gasteiger partial charge is 0.497 e. The molecular weight excluding hydrogens is 226 g/mol. The predicted molar refractivity (Wildman–Crippen MR) is 65.2 cm³/mol.